The lowest BCUT2D eigenvalue weighted by Crippen LogP contribution is -2.29. The van der Waals surface area contributed by atoms with Crippen LogP contribution < -0.4 is 5.32 Å². The summed E-state index contributed by atoms with van der Waals surface area (Å²) in [6.07, 6.45) is 1.33. The summed E-state index contributed by atoms with van der Waals surface area (Å²) >= 11 is 0. The van der Waals surface area contributed by atoms with Crippen LogP contribution in [0.3, 0.4) is 0 Å². The molecule has 0 saturated carbocycles. The number of allylic oxidation sites excluding steroid dienone is 3. The van der Waals surface area contributed by atoms with Crippen LogP contribution in [0, 0.1) is 22.0 Å². The maximum atomic E-state index is 14.5. The third kappa shape index (κ3) is 7.26. The van der Waals surface area contributed by atoms with Gasteiger partial charge in [-0.3, -0.25) is 14.7 Å². The maximum absolute atomic E-state index is 14.5. The fraction of sp³-hybridized carbons (Fsp3) is 0.560. The van der Waals surface area contributed by atoms with Crippen molar-refractivity contribution in [3.8, 4) is 0 Å². The summed E-state index contributed by atoms with van der Waals surface area (Å²) in [6.45, 7) is 12.0. The van der Waals surface area contributed by atoms with E-state index >= 15 is 0 Å². The second-order valence-electron chi connectivity index (χ2n) is 9.48. The molecule has 1 atom stereocenters. The highest BCUT2D eigenvalue weighted by Crippen LogP contribution is 2.64. The molecule has 0 aliphatic carbocycles. The van der Waals surface area contributed by atoms with Crippen molar-refractivity contribution in [2.75, 3.05) is 20.3 Å². The molecule has 9 nitrogen and oxygen atoms in total. The lowest BCUT2D eigenvalue weighted by molar-refractivity contribution is -0.384. The molecular formula is C25H37N2O7P. The minimum Gasteiger partial charge on any atom is -0.466 e. The normalized spacial score (nSPS) is 16.7. The minimum absolute atomic E-state index is 0.142. The van der Waals surface area contributed by atoms with Gasteiger partial charge in [-0.05, 0) is 44.1 Å². The van der Waals surface area contributed by atoms with Gasteiger partial charge in [-0.1, -0.05) is 39.8 Å². The number of non-ortho nitro benzene ring substituents is 1. The first-order valence-electron chi connectivity index (χ1n) is 11.8. The van der Waals surface area contributed by atoms with Crippen molar-refractivity contribution in [3.63, 3.8) is 0 Å². The molecule has 0 amide bonds. The fourth-order valence-corrected chi connectivity index (χ4v) is 5.97. The summed E-state index contributed by atoms with van der Waals surface area (Å²) < 4.78 is 31.5. The second kappa shape index (κ2) is 12.5. The zero-order valence-electron chi connectivity index (χ0n) is 21.6. The number of ether oxygens (including phenoxy) is 1. The molecule has 0 radical (unpaired) electrons. The highest BCUT2D eigenvalue weighted by Gasteiger charge is 2.45. The number of esters is 1. The quantitative estimate of drug-likeness (QED) is 0.152. The first-order chi connectivity index (χ1) is 16.4. The van der Waals surface area contributed by atoms with Crippen LogP contribution in [-0.2, 0) is 23.1 Å². The molecule has 1 unspecified atom stereocenters. The van der Waals surface area contributed by atoms with Crippen LogP contribution in [-0.4, -0.2) is 31.2 Å². The van der Waals surface area contributed by atoms with E-state index in [9.17, 15) is 19.5 Å². The van der Waals surface area contributed by atoms with Crippen molar-refractivity contribution < 1.29 is 28.1 Å². The van der Waals surface area contributed by atoms with Crippen LogP contribution in [0.4, 0.5) is 5.69 Å². The van der Waals surface area contributed by atoms with E-state index in [0.717, 1.165) is 0 Å². The molecule has 1 aromatic carbocycles. The summed E-state index contributed by atoms with van der Waals surface area (Å²) in [6, 6.07) is 5.95. The zero-order chi connectivity index (χ0) is 26.3. The van der Waals surface area contributed by atoms with Crippen molar-refractivity contribution in [2.45, 2.75) is 60.3 Å². The molecule has 1 N–H and O–H groups in total. The SMILES string of the molecule is COC(=O)C1=C(C)NC(C)=C(P(=O)(OCCC(C)C)OCCC(C)C)C1c1cccc([N+](=O)[O-])c1. The van der Waals surface area contributed by atoms with Gasteiger partial charge in [-0.15, -0.1) is 0 Å². The van der Waals surface area contributed by atoms with Crippen LogP contribution in [0.25, 0.3) is 0 Å². The smallest absolute Gasteiger partial charge is 0.360 e. The maximum Gasteiger partial charge on any atom is 0.360 e. The van der Waals surface area contributed by atoms with E-state index in [1.54, 1.807) is 19.9 Å². The van der Waals surface area contributed by atoms with Gasteiger partial charge in [0, 0.05) is 23.5 Å². The molecule has 0 saturated heterocycles. The molecule has 1 heterocycles. The number of methoxy groups -OCH3 is 1. The molecule has 1 aliphatic rings. The molecule has 0 fully saturated rings. The molecular weight excluding hydrogens is 471 g/mol. The van der Waals surface area contributed by atoms with Crippen LogP contribution in [0.5, 0.6) is 0 Å². The van der Waals surface area contributed by atoms with Gasteiger partial charge in [0.25, 0.3) is 5.69 Å². The lowest BCUT2D eigenvalue weighted by atomic mass is 9.86. The topological polar surface area (TPSA) is 117 Å². The third-order valence-corrected chi connectivity index (χ3v) is 7.98. The summed E-state index contributed by atoms with van der Waals surface area (Å²) in [7, 11) is -2.67. The van der Waals surface area contributed by atoms with Crippen LogP contribution in [0.2, 0.25) is 0 Å². The number of carbonyl (C=O) groups is 1. The Labute approximate surface area is 207 Å². The predicted molar refractivity (Wildman–Crippen MR) is 135 cm³/mol. The van der Waals surface area contributed by atoms with Crippen molar-refractivity contribution in [1.82, 2.24) is 5.32 Å². The number of hydrogen-bond acceptors (Lipinski definition) is 8. The van der Waals surface area contributed by atoms with Gasteiger partial charge < -0.3 is 19.1 Å². The summed E-state index contributed by atoms with van der Waals surface area (Å²) in [4.78, 5) is 23.9. The predicted octanol–water partition coefficient (Wildman–Crippen LogP) is 6.28. The lowest BCUT2D eigenvalue weighted by Gasteiger charge is -2.34. The zero-order valence-corrected chi connectivity index (χ0v) is 22.5. The van der Waals surface area contributed by atoms with E-state index in [2.05, 4.69) is 5.32 Å². The minimum atomic E-state index is -3.93. The largest absolute Gasteiger partial charge is 0.466 e. The van der Waals surface area contributed by atoms with Gasteiger partial charge in [0.2, 0.25) is 0 Å². The average molecular weight is 509 g/mol. The van der Waals surface area contributed by atoms with E-state index in [1.165, 1.54) is 25.3 Å². The van der Waals surface area contributed by atoms with Crippen molar-refractivity contribution in [2.24, 2.45) is 11.8 Å². The van der Waals surface area contributed by atoms with Crippen LogP contribution in [0.1, 0.15) is 65.9 Å². The Balaban J connectivity index is 2.70. The summed E-state index contributed by atoms with van der Waals surface area (Å²) in [5, 5.41) is 14.9. The molecule has 0 bridgehead atoms. The van der Waals surface area contributed by atoms with Gasteiger partial charge in [0.1, 0.15) is 0 Å². The van der Waals surface area contributed by atoms with Crippen LogP contribution in [0.15, 0.2) is 46.5 Å². The Morgan fingerprint density at radius 2 is 1.66 bits per heavy atom. The number of dihydropyridines is 1. The Morgan fingerprint density at radius 3 is 2.14 bits per heavy atom. The standard InChI is InChI=1S/C25H37N2O7P/c1-16(2)11-13-33-35(31,34-14-12-17(3)4)24-19(6)26-18(5)22(25(28)32-7)23(24)20-9-8-10-21(15-20)27(29)30/h8-10,15-17,23,26H,11-14H2,1-7H3. The van der Waals surface area contributed by atoms with Gasteiger partial charge in [-0.2, -0.15) is 0 Å². The van der Waals surface area contributed by atoms with Gasteiger partial charge in [0.05, 0.1) is 42.1 Å². The van der Waals surface area contributed by atoms with Crippen molar-refractivity contribution in [1.29, 1.82) is 0 Å². The number of nitrogens with zero attached hydrogens (tertiary/aromatic N) is 1. The first kappa shape index (κ1) is 28.8. The van der Waals surface area contributed by atoms with E-state index in [-0.39, 0.29) is 29.8 Å². The number of nitro benzene ring substituents is 1. The third-order valence-electron chi connectivity index (χ3n) is 5.75. The number of nitrogens with one attached hydrogen (secondary N) is 1. The molecule has 10 heteroatoms. The van der Waals surface area contributed by atoms with Gasteiger partial charge >= 0.3 is 13.6 Å². The van der Waals surface area contributed by atoms with Crippen LogP contribution >= 0.6 is 7.60 Å². The number of nitro groups is 1. The monoisotopic (exact) mass is 508 g/mol. The molecule has 0 aromatic heterocycles. The average Bonchev–Trinajstić information content (AvgIpc) is 2.77. The second-order valence-corrected chi connectivity index (χ2v) is 11.5. The molecule has 194 valence electrons. The molecule has 1 aromatic rings. The molecule has 1 aliphatic heterocycles. The Morgan fingerprint density at radius 1 is 1.09 bits per heavy atom. The summed E-state index contributed by atoms with van der Waals surface area (Å²) in [5.41, 5.74) is 1.51. The molecule has 0 spiro atoms. The highest BCUT2D eigenvalue weighted by atomic mass is 31.2. The summed E-state index contributed by atoms with van der Waals surface area (Å²) in [5.74, 6) is -0.905. The van der Waals surface area contributed by atoms with E-state index in [4.69, 9.17) is 13.8 Å². The van der Waals surface area contributed by atoms with E-state index in [0.29, 0.717) is 41.6 Å². The number of benzene rings is 1. The van der Waals surface area contributed by atoms with Gasteiger partial charge in [-0.25, -0.2) is 4.79 Å². The fourth-order valence-electron chi connectivity index (χ4n) is 3.86. The van der Waals surface area contributed by atoms with E-state index in [1.807, 2.05) is 27.7 Å². The van der Waals surface area contributed by atoms with E-state index < -0.39 is 24.4 Å². The first-order valence-corrected chi connectivity index (χ1v) is 13.4. The van der Waals surface area contributed by atoms with Crippen molar-refractivity contribution in [3.05, 3.63) is 62.2 Å². The molecule has 35 heavy (non-hydrogen) atoms. The number of carbonyl (C=O) groups excluding carboxylic acids is 1. The number of rotatable bonds is 12. The Hall–Kier alpha value is -2.48. The Bertz CT molecular complexity index is 1030. The number of hydrogen-bond donors (Lipinski definition) is 1. The highest BCUT2D eigenvalue weighted by molar-refractivity contribution is 7.58. The van der Waals surface area contributed by atoms with Gasteiger partial charge in [0.15, 0.2) is 0 Å². The van der Waals surface area contributed by atoms with Crippen molar-refractivity contribution >= 4 is 19.3 Å². The molecule has 2 rings (SSSR count). The Kier molecular flexibility index (Phi) is 10.2.